The maximum absolute atomic E-state index is 10.3. The van der Waals surface area contributed by atoms with Crippen molar-refractivity contribution in [2.24, 2.45) is 5.92 Å². The van der Waals surface area contributed by atoms with Crippen molar-refractivity contribution in [2.45, 2.75) is 25.9 Å². The number of hydrogen-bond donors (Lipinski definition) is 2. The molecule has 1 aromatic carbocycles. The molecule has 1 fully saturated rings. The van der Waals surface area contributed by atoms with Crippen molar-refractivity contribution in [3.63, 3.8) is 0 Å². The lowest BCUT2D eigenvalue weighted by Gasteiger charge is -2.28. The third-order valence-corrected chi connectivity index (χ3v) is 3.39. The highest BCUT2D eigenvalue weighted by molar-refractivity contribution is 5.54. The molecule has 0 aromatic heterocycles. The number of rotatable bonds is 2. The Balaban J connectivity index is 2.19. The molecule has 0 amide bonds. The molecular formula is C13H19NO2. The number of aliphatic hydroxyl groups is 1. The molecule has 0 radical (unpaired) electrons. The van der Waals surface area contributed by atoms with E-state index in [1.54, 1.807) is 0 Å². The molecule has 1 aromatic rings. The van der Waals surface area contributed by atoms with Gasteiger partial charge >= 0.3 is 0 Å². The lowest BCUT2D eigenvalue weighted by Crippen LogP contribution is -2.22. The lowest BCUT2D eigenvalue weighted by molar-refractivity contribution is 0.00744. The van der Waals surface area contributed by atoms with Gasteiger partial charge in [-0.3, -0.25) is 0 Å². The molecule has 1 heterocycles. The van der Waals surface area contributed by atoms with Crippen LogP contribution in [0.2, 0.25) is 0 Å². The van der Waals surface area contributed by atoms with Gasteiger partial charge < -0.3 is 15.6 Å². The summed E-state index contributed by atoms with van der Waals surface area (Å²) in [6.07, 6.45) is 1.37. The average molecular weight is 221 g/mol. The first-order chi connectivity index (χ1) is 7.70. The largest absolute Gasteiger partial charge is 0.398 e. The first-order valence-electron chi connectivity index (χ1n) is 5.81. The second-order valence-electron chi connectivity index (χ2n) is 4.47. The van der Waals surface area contributed by atoms with E-state index in [4.69, 9.17) is 10.5 Å². The third-order valence-electron chi connectivity index (χ3n) is 3.39. The van der Waals surface area contributed by atoms with Crippen molar-refractivity contribution in [3.8, 4) is 0 Å². The Kier molecular flexibility index (Phi) is 3.46. The highest BCUT2D eigenvalue weighted by atomic mass is 16.5. The van der Waals surface area contributed by atoms with Crippen LogP contribution in [0.4, 0.5) is 5.69 Å². The Morgan fingerprint density at radius 3 is 2.75 bits per heavy atom. The summed E-state index contributed by atoms with van der Waals surface area (Å²) < 4.78 is 5.30. The zero-order valence-corrected chi connectivity index (χ0v) is 9.65. The number of anilines is 1. The number of aryl methyl sites for hydroxylation is 1. The summed E-state index contributed by atoms with van der Waals surface area (Å²) in [5, 5.41) is 10.3. The average Bonchev–Trinajstić information content (AvgIpc) is 2.33. The van der Waals surface area contributed by atoms with E-state index in [0.29, 0.717) is 0 Å². The van der Waals surface area contributed by atoms with Crippen LogP contribution in [-0.2, 0) is 4.74 Å². The monoisotopic (exact) mass is 221 g/mol. The van der Waals surface area contributed by atoms with E-state index in [0.717, 1.165) is 42.9 Å². The maximum atomic E-state index is 10.3. The minimum Gasteiger partial charge on any atom is -0.398 e. The summed E-state index contributed by atoms with van der Waals surface area (Å²) in [7, 11) is 0. The quantitative estimate of drug-likeness (QED) is 0.751. The van der Waals surface area contributed by atoms with Crippen LogP contribution in [0.15, 0.2) is 18.2 Å². The second kappa shape index (κ2) is 4.85. The summed E-state index contributed by atoms with van der Waals surface area (Å²) in [4.78, 5) is 0. The highest BCUT2D eigenvalue weighted by Crippen LogP contribution is 2.33. The third kappa shape index (κ3) is 2.20. The molecule has 1 aliphatic heterocycles. The molecule has 3 heteroatoms. The van der Waals surface area contributed by atoms with Crippen molar-refractivity contribution in [3.05, 3.63) is 29.3 Å². The first-order valence-corrected chi connectivity index (χ1v) is 5.81. The molecule has 0 aliphatic carbocycles. The Morgan fingerprint density at radius 2 is 2.06 bits per heavy atom. The van der Waals surface area contributed by atoms with E-state index in [2.05, 4.69) is 0 Å². The van der Waals surface area contributed by atoms with Crippen LogP contribution in [0.3, 0.4) is 0 Å². The Labute approximate surface area is 96.2 Å². The Morgan fingerprint density at radius 1 is 1.38 bits per heavy atom. The van der Waals surface area contributed by atoms with Crippen molar-refractivity contribution in [1.29, 1.82) is 0 Å². The smallest absolute Gasteiger partial charge is 0.0839 e. The van der Waals surface area contributed by atoms with E-state index in [1.807, 2.05) is 25.1 Å². The van der Waals surface area contributed by atoms with E-state index in [9.17, 15) is 5.11 Å². The van der Waals surface area contributed by atoms with Gasteiger partial charge in [0.2, 0.25) is 0 Å². The van der Waals surface area contributed by atoms with Crippen molar-refractivity contribution in [1.82, 2.24) is 0 Å². The number of nitrogen functional groups attached to an aromatic ring is 1. The fourth-order valence-electron chi connectivity index (χ4n) is 2.25. The number of aliphatic hydroxyl groups excluding tert-OH is 1. The van der Waals surface area contributed by atoms with Gasteiger partial charge in [-0.25, -0.2) is 0 Å². The molecule has 1 saturated heterocycles. The summed E-state index contributed by atoms with van der Waals surface area (Å²) in [6, 6.07) is 5.83. The van der Waals surface area contributed by atoms with Crippen LogP contribution in [0.1, 0.15) is 30.1 Å². The fourth-order valence-corrected chi connectivity index (χ4v) is 2.25. The molecular weight excluding hydrogens is 202 g/mol. The molecule has 0 saturated carbocycles. The summed E-state index contributed by atoms with van der Waals surface area (Å²) in [6.45, 7) is 3.45. The van der Waals surface area contributed by atoms with Gasteiger partial charge in [-0.15, -0.1) is 0 Å². The van der Waals surface area contributed by atoms with E-state index < -0.39 is 6.10 Å². The lowest BCUT2D eigenvalue weighted by atomic mass is 9.88. The van der Waals surface area contributed by atoms with Gasteiger partial charge in [-0.05, 0) is 31.2 Å². The molecule has 2 rings (SSSR count). The number of hydrogen-bond acceptors (Lipinski definition) is 3. The van der Waals surface area contributed by atoms with Crippen molar-refractivity contribution >= 4 is 5.69 Å². The highest BCUT2D eigenvalue weighted by Gasteiger charge is 2.25. The number of benzene rings is 1. The minimum absolute atomic E-state index is 0.276. The fraction of sp³-hybridized carbons (Fsp3) is 0.538. The predicted molar refractivity (Wildman–Crippen MR) is 64.1 cm³/mol. The van der Waals surface area contributed by atoms with Gasteiger partial charge in [0.25, 0.3) is 0 Å². The van der Waals surface area contributed by atoms with E-state index >= 15 is 0 Å². The standard InChI is InChI=1S/C13H19NO2/c1-9-3-2-4-11(12(9)14)13(15)10-5-7-16-8-6-10/h2-4,10,13,15H,5-8,14H2,1H3. The molecule has 88 valence electrons. The number of para-hydroxylation sites is 1. The zero-order chi connectivity index (χ0) is 11.5. The molecule has 1 unspecified atom stereocenters. The second-order valence-corrected chi connectivity index (χ2v) is 4.47. The number of nitrogens with two attached hydrogens (primary N) is 1. The van der Waals surface area contributed by atoms with Crippen LogP contribution in [0.25, 0.3) is 0 Å². The van der Waals surface area contributed by atoms with Gasteiger partial charge in [0, 0.05) is 24.5 Å². The SMILES string of the molecule is Cc1cccc(C(O)C2CCOCC2)c1N. The van der Waals surface area contributed by atoms with Gasteiger partial charge in [0.05, 0.1) is 6.10 Å². The molecule has 1 atom stereocenters. The van der Waals surface area contributed by atoms with Crippen LogP contribution in [0, 0.1) is 12.8 Å². The molecule has 3 N–H and O–H groups in total. The summed E-state index contributed by atoms with van der Waals surface area (Å²) >= 11 is 0. The van der Waals surface area contributed by atoms with Crippen molar-refractivity contribution in [2.75, 3.05) is 18.9 Å². The number of ether oxygens (including phenoxy) is 1. The maximum Gasteiger partial charge on any atom is 0.0839 e. The predicted octanol–water partition coefficient (Wildman–Crippen LogP) is 2.04. The topological polar surface area (TPSA) is 55.5 Å². The Hall–Kier alpha value is -1.06. The van der Waals surface area contributed by atoms with Gasteiger partial charge in [0.15, 0.2) is 0 Å². The van der Waals surface area contributed by atoms with Crippen LogP contribution in [0.5, 0.6) is 0 Å². The van der Waals surface area contributed by atoms with Gasteiger partial charge in [-0.1, -0.05) is 18.2 Å². The first kappa shape index (κ1) is 11.4. The van der Waals surface area contributed by atoms with E-state index in [1.165, 1.54) is 0 Å². The van der Waals surface area contributed by atoms with E-state index in [-0.39, 0.29) is 5.92 Å². The molecule has 3 nitrogen and oxygen atoms in total. The normalized spacial score (nSPS) is 19.6. The molecule has 0 bridgehead atoms. The Bertz CT molecular complexity index is 359. The van der Waals surface area contributed by atoms with Gasteiger partial charge in [-0.2, -0.15) is 0 Å². The van der Waals surface area contributed by atoms with Crippen LogP contribution >= 0.6 is 0 Å². The van der Waals surface area contributed by atoms with Crippen LogP contribution in [-0.4, -0.2) is 18.3 Å². The molecule has 1 aliphatic rings. The minimum atomic E-state index is -0.455. The van der Waals surface area contributed by atoms with Crippen LogP contribution < -0.4 is 5.73 Å². The summed E-state index contributed by atoms with van der Waals surface area (Å²) in [5.41, 5.74) is 8.62. The molecule has 0 spiro atoms. The molecule has 16 heavy (non-hydrogen) atoms. The zero-order valence-electron chi connectivity index (χ0n) is 9.65. The summed E-state index contributed by atoms with van der Waals surface area (Å²) in [5.74, 6) is 0.276. The van der Waals surface area contributed by atoms with Gasteiger partial charge in [0.1, 0.15) is 0 Å². The van der Waals surface area contributed by atoms with Crippen molar-refractivity contribution < 1.29 is 9.84 Å².